The van der Waals surface area contributed by atoms with E-state index in [1.54, 1.807) is 0 Å². The average molecular weight is 295 g/mol. The van der Waals surface area contributed by atoms with Crippen LogP contribution >= 0.6 is 11.6 Å². The molecule has 0 aliphatic carbocycles. The summed E-state index contributed by atoms with van der Waals surface area (Å²) in [5, 5.41) is 4.14. The van der Waals surface area contributed by atoms with Crippen LogP contribution in [0, 0.1) is 5.92 Å². The number of halogens is 1. The summed E-state index contributed by atoms with van der Waals surface area (Å²) in [5.41, 5.74) is 1.22. The van der Waals surface area contributed by atoms with E-state index in [0.717, 1.165) is 37.4 Å². The first kappa shape index (κ1) is 15.3. The van der Waals surface area contributed by atoms with Gasteiger partial charge in [0.1, 0.15) is 0 Å². The first-order valence-corrected chi connectivity index (χ1v) is 7.67. The number of hydrogen-bond donors (Lipinski definition) is 1. The summed E-state index contributed by atoms with van der Waals surface area (Å²) in [6.07, 6.45) is 2.78. The molecule has 1 saturated heterocycles. The number of hydrogen-bond acceptors (Lipinski definition) is 2. The second-order valence-electron chi connectivity index (χ2n) is 5.71. The third-order valence-electron chi connectivity index (χ3n) is 4.00. The summed E-state index contributed by atoms with van der Waals surface area (Å²) in [7, 11) is 1.91. The third-order valence-corrected chi connectivity index (χ3v) is 4.25. The zero-order chi connectivity index (χ0) is 14.5. The van der Waals surface area contributed by atoms with Crippen molar-refractivity contribution in [2.24, 2.45) is 5.92 Å². The molecule has 1 aromatic carbocycles. The van der Waals surface area contributed by atoms with Crippen molar-refractivity contribution in [1.82, 2.24) is 10.2 Å². The Balaban J connectivity index is 1.83. The Kier molecular flexibility index (Phi) is 5.44. The van der Waals surface area contributed by atoms with Gasteiger partial charge in [-0.1, -0.05) is 23.7 Å². The molecule has 2 rings (SSSR count). The molecule has 1 aliphatic heterocycles. The lowest BCUT2D eigenvalue weighted by atomic mass is 9.92. The van der Waals surface area contributed by atoms with Gasteiger partial charge in [-0.25, -0.2) is 0 Å². The van der Waals surface area contributed by atoms with Crippen LogP contribution in [0.1, 0.15) is 25.3 Å². The molecular formula is C16H23ClN2O. The Hall–Kier alpha value is -1.06. The first-order chi connectivity index (χ1) is 9.56. The SMILES string of the molecule is C[C@H]1C[C@@H](C(=O)N(C)CCc2ccc(Cl)cc2)CCN1. The molecule has 1 fully saturated rings. The summed E-state index contributed by atoms with van der Waals surface area (Å²) in [6.45, 7) is 3.86. The maximum absolute atomic E-state index is 12.4. The molecule has 0 radical (unpaired) electrons. The van der Waals surface area contributed by atoms with E-state index in [2.05, 4.69) is 12.2 Å². The largest absolute Gasteiger partial charge is 0.345 e. The van der Waals surface area contributed by atoms with E-state index in [1.807, 2.05) is 36.2 Å². The summed E-state index contributed by atoms with van der Waals surface area (Å²) in [4.78, 5) is 14.3. The minimum atomic E-state index is 0.182. The van der Waals surface area contributed by atoms with E-state index in [0.29, 0.717) is 6.04 Å². The molecule has 0 spiro atoms. The van der Waals surface area contributed by atoms with Crippen molar-refractivity contribution in [3.8, 4) is 0 Å². The number of nitrogens with zero attached hydrogens (tertiary/aromatic N) is 1. The van der Waals surface area contributed by atoms with Gasteiger partial charge in [-0.05, 0) is 50.4 Å². The molecular weight excluding hydrogens is 272 g/mol. The van der Waals surface area contributed by atoms with Crippen molar-refractivity contribution in [2.75, 3.05) is 20.1 Å². The van der Waals surface area contributed by atoms with E-state index in [9.17, 15) is 4.79 Å². The molecule has 1 heterocycles. The monoisotopic (exact) mass is 294 g/mol. The van der Waals surface area contributed by atoms with Gasteiger partial charge in [0, 0.05) is 30.6 Å². The fraction of sp³-hybridized carbons (Fsp3) is 0.562. The number of benzene rings is 1. The Labute approximate surface area is 126 Å². The van der Waals surface area contributed by atoms with Crippen molar-refractivity contribution < 1.29 is 4.79 Å². The molecule has 0 unspecified atom stereocenters. The van der Waals surface area contributed by atoms with Gasteiger partial charge >= 0.3 is 0 Å². The molecule has 20 heavy (non-hydrogen) atoms. The zero-order valence-electron chi connectivity index (χ0n) is 12.2. The molecule has 1 N–H and O–H groups in total. The topological polar surface area (TPSA) is 32.3 Å². The van der Waals surface area contributed by atoms with Crippen molar-refractivity contribution in [3.05, 3.63) is 34.9 Å². The number of carbonyl (C=O) groups excluding carboxylic acids is 1. The van der Waals surface area contributed by atoms with Gasteiger partial charge in [0.25, 0.3) is 0 Å². The lowest BCUT2D eigenvalue weighted by Crippen LogP contribution is -2.43. The molecule has 0 saturated carbocycles. The number of likely N-dealkylation sites (N-methyl/N-ethyl adjacent to an activating group) is 1. The van der Waals surface area contributed by atoms with E-state index in [-0.39, 0.29) is 11.8 Å². The lowest BCUT2D eigenvalue weighted by Gasteiger charge is -2.30. The smallest absolute Gasteiger partial charge is 0.225 e. The number of nitrogens with one attached hydrogen (secondary N) is 1. The minimum Gasteiger partial charge on any atom is -0.345 e. The van der Waals surface area contributed by atoms with E-state index in [1.165, 1.54) is 5.56 Å². The minimum absolute atomic E-state index is 0.182. The number of carbonyl (C=O) groups is 1. The molecule has 2 atom stereocenters. The number of piperidine rings is 1. The van der Waals surface area contributed by atoms with Crippen molar-refractivity contribution in [2.45, 2.75) is 32.2 Å². The van der Waals surface area contributed by atoms with Crippen LogP contribution < -0.4 is 5.32 Å². The van der Waals surface area contributed by atoms with Crippen LogP contribution in [-0.2, 0) is 11.2 Å². The van der Waals surface area contributed by atoms with Gasteiger partial charge in [0.05, 0.1) is 0 Å². The van der Waals surface area contributed by atoms with Crippen LogP contribution in [-0.4, -0.2) is 37.0 Å². The van der Waals surface area contributed by atoms with Gasteiger partial charge in [0.2, 0.25) is 5.91 Å². The lowest BCUT2D eigenvalue weighted by molar-refractivity contribution is -0.135. The summed E-state index contributed by atoms with van der Waals surface area (Å²) >= 11 is 5.87. The summed E-state index contributed by atoms with van der Waals surface area (Å²) in [5.74, 6) is 0.466. The highest BCUT2D eigenvalue weighted by molar-refractivity contribution is 6.30. The molecule has 4 heteroatoms. The highest BCUT2D eigenvalue weighted by atomic mass is 35.5. The predicted octanol–water partition coefficient (Wildman–Crippen LogP) is 2.73. The fourth-order valence-corrected chi connectivity index (χ4v) is 2.85. The second-order valence-corrected chi connectivity index (χ2v) is 6.15. The van der Waals surface area contributed by atoms with Crippen molar-refractivity contribution >= 4 is 17.5 Å². The number of rotatable bonds is 4. The highest BCUT2D eigenvalue weighted by Gasteiger charge is 2.26. The third kappa shape index (κ3) is 4.22. The standard InChI is InChI=1S/C16H23ClN2O/c1-12-11-14(7-9-18-12)16(20)19(2)10-8-13-3-5-15(17)6-4-13/h3-6,12,14,18H,7-11H2,1-2H3/t12-,14-/m0/s1. The summed E-state index contributed by atoms with van der Waals surface area (Å²) < 4.78 is 0. The van der Waals surface area contributed by atoms with Gasteiger partial charge in [-0.3, -0.25) is 4.79 Å². The maximum Gasteiger partial charge on any atom is 0.225 e. The summed E-state index contributed by atoms with van der Waals surface area (Å²) in [6, 6.07) is 8.28. The highest BCUT2D eigenvalue weighted by Crippen LogP contribution is 2.18. The molecule has 0 aromatic heterocycles. The van der Waals surface area contributed by atoms with Gasteiger partial charge in [-0.2, -0.15) is 0 Å². The van der Waals surface area contributed by atoms with Gasteiger partial charge < -0.3 is 10.2 Å². The fourth-order valence-electron chi connectivity index (χ4n) is 2.73. The van der Waals surface area contributed by atoms with Gasteiger partial charge in [0.15, 0.2) is 0 Å². The number of amides is 1. The second kappa shape index (κ2) is 7.09. The Bertz CT molecular complexity index is 446. The van der Waals surface area contributed by atoms with E-state index < -0.39 is 0 Å². The van der Waals surface area contributed by atoms with E-state index in [4.69, 9.17) is 11.6 Å². The van der Waals surface area contributed by atoms with Crippen LogP contribution in [0.5, 0.6) is 0 Å². The molecule has 3 nitrogen and oxygen atoms in total. The first-order valence-electron chi connectivity index (χ1n) is 7.29. The Morgan fingerprint density at radius 2 is 2.10 bits per heavy atom. The van der Waals surface area contributed by atoms with Crippen LogP contribution in [0.15, 0.2) is 24.3 Å². The molecule has 1 amide bonds. The molecule has 1 aliphatic rings. The molecule has 110 valence electrons. The average Bonchev–Trinajstić information content (AvgIpc) is 2.45. The predicted molar refractivity (Wildman–Crippen MR) is 83.0 cm³/mol. The normalized spacial score (nSPS) is 22.6. The van der Waals surface area contributed by atoms with E-state index >= 15 is 0 Å². The Morgan fingerprint density at radius 1 is 1.40 bits per heavy atom. The maximum atomic E-state index is 12.4. The van der Waals surface area contributed by atoms with Crippen molar-refractivity contribution in [3.63, 3.8) is 0 Å². The van der Waals surface area contributed by atoms with Crippen molar-refractivity contribution in [1.29, 1.82) is 0 Å². The van der Waals surface area contributed by atoms with Crippen LogP contribution in [0.3, 0.4) is 0 Å². The molecule has 1 aromatic rings. The van der Waals surface area contributed by atoms with Crippen LogP contribution in [0.4, 0.5) is 0 Å². The quantitative estimate of drug-likeness (QED) is 0.926. The van der Waals surface area contributed by atoms with Crippen LogP contribution in [0.2, 0.25) is 5.02 Å². The Morgan fingerprint density at radius 3 is 2.75 bits per heavy atom. The van der Waals surface area contributed by atoms with Gasteiger partial charge in [-0.15, -0.1) is 0 Å². The zero-order valence-corrected chi connectivity index (χ0v) is 13.0. The van der Waals surface area contributed by atoms with Crippen LogP contribution in [0.25, 0.3) is 0 Å². The molecule has 0 bridgehead atoms.